The molecular weight excluding hydrogens is 296 g/mol. The topological polar surface area (TPSA) is 71.0 Å². The molecule has 5 unspecified atom stereocenters. The third-order valence-corrected chi connectivity index (χ3v) is 4.89. The summed E-state index contributed by atoms with van der Waals surface area (Å²) >= 11 is 0. The Balaban J connectivity index is 1.94. The predicted octanol–water partition coefficient (Wildman–Crippen LogP) is 1.76. The number of nitrogens with one attached hydrogen (secondary N) is 1. The molecule has 0 radical (unpaired) electrons. The van der Waals surface area contributed by atoms with Gasteiger partial charge in [0, 0.05) is 31.8 Å². The lowest BCUT2D eigenvalue weighted by Gasteiger charge is -2.44. The van der Waals surface area contributed by atoms with Crippen LogP contribution in [0, 0.1) is 5.92 Å². The summed E-state index contributed by atoms with van der Waals surface area (Å²) in [5.41, 5.74) is -0.459. The van der Waals surface area contributed by atoms with Crippen LogP contribution in [0.5, 0.6) is 0 Å². The van der Waals surface area contributed by atoms with Gasteiger partial charge in [-0.25, -0.2) is 4.79 Å². The van der Waals surface area contributed by atoms with Crippen LogP contribution >= 0.6 is 0 Å². The number of hydrogen-bond donors (Lipinski definition) is 2. The predicted molar refractivity (Wildman–Crippen MR) is 88.3 cm³/mol. The zero-order valence-electron chi connectivity index (χ0n) is 15.0. The number of nitrogens with zero attached hydrogens (tertiary/aromatic N) is 1. The molecule has 2 saturated heterocycles. The van der Waals surface area contributed by atoms with Crippen LogP contribution in [-0.4, -0.2) is 66.2 Å². The number of fused-ring (bicyclic) bond motifs is 2. The van der Waals surface area contributed by atoms with Crippen molar-refractivity contribution in [2.45, 2.75) is 76.8 Å². The highest BCUT2D eigenvalue weighted by atomic mass is 16.6. The molecule has 0 spiro atoms. The summed E-state index contributed by atoms with van der Waals surface area (Å²) in [6, 6.07) is 0.779. The molecule has 2 rings (SSSR count). The molecule has 1 amide bonds. The molecule has 23 heavy (non-hydrogen) atoms. The molecule has 0 aromatic carbocycles. The molecular formula is C17H32N2O4. The van der Waals surface area contributed by atoms with Crippen molar-refractivity contribution in [1.29, 1.82) is 0 Å². The van der Waals surface area contributed by atoms with Crippen LogP contribution in [0.1, 0.15) is 47.0 Å². The molecule has 0 aromatic rings. The van der Waals surface area contributed by atoms with E-state index in [0.717, 1.165) is 19.3 Å². The fourth-order valence-corrected chi connectivity index (χ4v) is 3.84. The summed E-state index contributed by atoms with van der Waals surface area (Å²) in [6.07, 6.45) is 2.30. The number of ether oxygens (including phenoxy) is 2. The van der Waals surface area contributed by atoms with Gasteiger partial charge in [-0.2, -0.15) is 0 Å². The maximum Gasteiger partial charge on any atom is 0.410 e. The van der Waals surface area contributed by atoms with Crippen LogP contribution < -0.4 is 5.32 Å². The van der Waals surface area contributed by atoms with Crippen molar-refractivity contribution in [2.24, 2.45) is 5.92 Å². The van der Waals surface area contributed by atoms with Crippen molar-refractivity contribution < 1.29 is 19.4 Å². The molecule has 0 saturated carbocycles. The summed E-state index contributed by atoms with van der Waals surface area (Å²) in [5, 5.41) is 13.3. The summed E-state index contributed by atoms with van der Waals surface area (Å²) in [5.74, 6) is 0.344. The Bertz CT molecular complexity index is 410. The summed E-state index contributed by atoms with van der Waals surface area (Å²) in [4.78, 5) is 14.5. The summed E-state index contributed by atoms with van der Waals surface area (Å²) in [6.45, 7) is 8.76. The van der Waals surface area contributed by atoms with Gasteiger partial charge >= 0.3 is 6.09 Å². The Kier molecular flexibility index (Phi) is 5.92. The van der Waals surface area contributed by atoms with Gasteiger partial charge in [-0.1, -0.05) is 6.92 Å². The number of methoxy groups -OCH3 is 1. The van der Waals surface area contributed by atoms with Crippen LogP contribution in [0.25, 0.3) is 0 Å². The van der Waals surface area contributed by atoms with Gasteiger partial charge < -0.3 is 24.8 Å². The van der Waals surface area contributed by atoms with Crippen molar-refractivity contribution >= 4 is 6.09 Å². The highest BCUT2D eigenvalue weighted by Gasteiger charge is 2.48. The van der Waals surface area contributed by atoms with E-state index < -0.39 is 11.7 Å². The minimum absolute atomic E-state index is 0.185. The summed E-state index contributed by atoms with van der Waals surface area (Å²) in [7, 11) is 1.59. The van der Waals surface area contributed by atoms with Crippen molar-refractivity contribution in [1.82, 2.24) is 10.2 Å². The van der Waals surface area contributed by atoms with Crippen LogP contribution in [0.15, 0.2) is 0 Å². The van der Waals surface area contributed by atoms with E-state index in [1.54, 1.807) is 7.11 Å². The average molecular weight is 328 g/mol. The van der Waals surface area contributed by atoms with E-state index in [-0.39, 0.29) is 18.2 Å². The normalized spacial score (nSPS) is 32.0. The lowest BCUT2D eigenvalue weighted by atomic mass is 9.87. The van der Waals surface area contributed by atoms with Gasteiger partial charge in [0.25, 0.3) is 0 Å². The fraction of sp³-hybridized carbons (Fsp3) is 0.941. The number of rotatable bonds is 5. The van der Waals surface area contributed by atoms with Crippen molar-refractivity contribution in [3.63, 3.8) is 0 Å². The van der Waals surface area contributed by atoms with Crippen LogP contribution in [0.3, 0.4) is 0 Å². The highest BCUT2D eigenvalue weighted by Crippen LogP contribution is 2.40. The number of piperidine rings is 1. The largest absolute Gasteiger partial charge is 0.444 e. The van der Waals surface area contributed by atoms with Gasteiger partial charge in [0.2, 0.25) is 0 Å². The van der Waals surface area contributed by atoms with Gasteiger partial charge in [-0.05, 0) is 46.0 Å². The Labute approximate surface area is 139 Å². The maximum atomic E-state index is 12.5. The van der Waals surface area contributed by atoms with E-state index >= 15 is 0 Å². The van der Waals surface area contributed by atoms with Crippen LogP contribution in [-0.2, 0) is 9.47 Å². The van der Waals surface area contributed by atoms with Crippen molar-refractivity contribution in [3.8, 4) is 0 Å². The number of aliphatic hydroxyl groups excluding tert-OH is 1. The van der Waals surface area contributed by atoms with Crippen LogP contribution in [0.2, 0.25) is 0 Å². The zero-order valence-corrected chi connectivity index (χ0v) is 15.0. The van der Waals surface area contributed by atoms with Gasteiger partial charge in [0.1, 0.15) is 5.60 Å². The first kappa shape index (κ1) is 18.5. The van der Waals surface area contributed by atoms with E-state index in [4.69, 9.17) is 9.47 Å². The average Bonchev–Trinajstić information content (AvgIpc) is 2.77. The quantitative estimate of drug-likeness (QED) is 0.805. The van der Waals surface area contributed by atoms with Crippen molar-refractivity contribution in [3.05, 3.63) is 0 Å². The van der Waals surface area contributed by atoms with Gasteiger partial charge in [-0.15, -0.1) is 0 Å². The minimum Gasteiger partial charge on any atom is -0.444 e. The number of carbonyl (C=O) groups excluding carboxylic acids is 1. The minimum atomic E-state index is -0.492. The number of carbonyl (C=O) groups is 1. The Morgan fingerprint density at radius 3 is 2.70 bits per heavy atom. The lowest BCUT2D eigenvalue weighted by Crippen LogP contribution is -2.57. The van der Waals surface area contributed by atoms with E-state index in [9.17, 15) is 9.90 Å². The van der Waals surface area contributed by atoms with E-state index in [2.05, 4.69) is 12.2 Å². The third-order valence-electron chi connectivity index (χ3n) is 4.89. The summed E-state index contributed by atoms with van der Waals surface area (Å²) < 4.78 is 10.5. The maximum absolute atomic E-state index is 12.5. The second kappa shape index (κ2) is 7.36. The van der Waals surface area contributed by atoms with Gasteiger partial charge in [0.15, 0.2) is 0 Å². The molecule has 2 fully saturated rings. The Hall–Kier alpha value is -0.850. The molecule has 2 aliphatic heterocycles. The first-order valence-corrected chi connectivity index (χ1v) is 8.64. The second-order valence-corrected chi connectivity index (χ2v) is 7.90. The molecule has 2 heterocycles. The fourth-order valence-electron chi connectivity index (χ4n) is 3.84. The Morgan fingerprint density at radius 1 is 1.39 bits per heavy atom. The first-order chi connectivity index (χ1) is 10.7. The molecule has 6 heteroatoms. The van der Waals surface area contributed by atoms with Gasteiger partial charge in [-0.3, -0.25) is 0 Å². The SMILES string of the molecule is COCC(O)CNC1CC2CCC(C1C)N2C(=O)OC(C)(C)C. The molecule has 2 N–H and O–H groups in total. The van der Waals surface area contributed by atoms with Crippen LogP contribution in [0.4, 0.5) is 4.79 Å². The van der Waals surface area contributed by atoms with E-state index in [1.807, 2.05) is 25.7 Å². The smallest absolute Gasteiger partial charge is 0.410 e. The molecule has 6 nitrogen and oxygen atoms in total. The standard InChI is InChI=1S/C17H32N2O4/c1-11-14(18-9-13(20)10-22-5)8-12-6-7-15(11)19(12)16(21)23-17(2,3)4/h11-15,18,20H,6-10H2,1-5H3. The first-order valence-electron chi connectivity index (χ1n) is 8.64. The number of aliphatic hydroxyl groups is 1. The van der Waals surface area contributed by atoms with Crippen molar-refractivity contribution in [2.75, 3.05) is 20.3 Å². The number of hydrogen-bond acceptors (Lipinski definition) is 5. The number of amides is 1. The molecule has 2 bridgehead atoms. The highest BCUT2D eigenvalue weighted by molar-refractivity contribution is 5.69. The zero-order chi connectivity index (χ0) is 17.2. The Morgan fingerprint density at radius 2 is 2.09 bits per heavy atom. The van der Waals surface area contributed by atoms with Gasteiger partial charge in [0.05, 0.1) is 12.7 Å². The second-order valence-electron chi connectivity index (χ2n) is 7.90. The molecule has 134 valence electrons. The molecule has 5 atom stereocenters. The monoisotopic (exact) mass is 328 g/mol. The van der Waals surface area contributed by atoms with E-state index in [0.29, 0.717) is 25.1 Å². The van der Waals surface area contributed by atoms with E-state index in [1.165, 1.54) is 0 Å². The lowest BCUT2D eigenvalue weighted by molar-refractivity contribution is -0.00714. The molecule has 2 aliphatic rings. The molecule has 0 aromatic heterocycles. The molecule has 0 aliphatic carbocycles. The third kappa shape index (κ3) is 4.58.